The van der Waals surface area contributed by atoms with Crippen LogP contribution < -0.4 is 0 Å². The number of hydrogen-bond donors (Lipinski definition) is 0. The summed E-state index contributed by atoms with van der Waals surface area (Å²) in [6.07, 6.45) is 10.6. The Morgan fingerprint density at radius 2 is 1.83 bits per heavy atom. The average molecular weight is 248 g/mol. The highest BCUT2D eigenvalue weighted by molar-refractivity contribution is 4.97. The van der Waals surface area contributed by atoms with E-state index in [2.05, 4.69) is 24.9 Å². The average Bonchev–Trinajstić information content (AvgIpc) is 2.90. The van der Waals surface area contributed by atoms with Crippen LogP contribution >= 0.6 is 0 Å². The van der Waals surface area contributed by atoms with Crippen LogP contribution in [0.4, 0.5) is 0 Å². The van der Waals surface area contributed by atoms with Crippen molar-refractivity contribution in [2.24, 2.45) is 17.8 Å². The molecule has 2 saturated carbocycles. The van der Waals surface area contributed by atoms with Gasteiger partial charge in [-0.25, -0.2) is 0 Å². The summed E-state index contributed by atoms with van der Waals surface area (Å²) in [5.41, 5.74) is 0. The van der Waals surface area contributed by atoms with E-state index in [4.69, 9.17) is 0 Å². The molecule has 2 rings (SSSR count). The van der Waals surface area contributed by atoms with E-state index in [0.717, 1.165) is 18.3 Å². The van der Waals surface area contributed by atoms with Crippen LogP contribution in [0.15, 0.2) is 0 Å². The molecule has 0 aromatic carbocycles. The van der Waals surface area contributed by atoms with Crippen molar-refractivity contribution in [1.82, 2.24) is 4.90 Å². The molecule has 0 aliphatic heterocycles. The quantitative estimate of drug-likeness (QED) is 0.756. The first-order valence-corrected chi connectivity index (χ1v) is 7.84. The molecule has 0 aromatic heterocycles. The lowest BCUT2D eigenvalue weighted by Gasteiger charge is -2.39. The summed E-state index contributed by atoms with van der Waals surface area (Å²) in [4.78, 5) is 2.52. The van der Waals surface area contributed by atoms with Crippen LogP contribution in [0.3, 0.4) is 0 Å². The SMILES string of the molecule is CCC1CCC(C#N)C(N(C)CC2CCCC2)C1. The van der Waals surface area contributed by atoms with Crippen LogP contribution in [0.25, 0.3) is 0 Å². The number of hydrogen-bond acceptors (Lipinski definition) is 2. The molecular weight excluding hydrogens is 220 g/mol. The molecule has 2 fully saturated rings. The van der Waals surface area contributed by atoms with Crippen LogP contribution in [0.1, 0.15) is 58.3 Å². The monoisotopic (exact) mass is 248 g/mol. The topological polar surface area (TPSA) is 27.0 Å². The maximum Gasteiger partial charge on any atom is 0.0672 e. The maximum absolute atomic E-state index is 9.35. The second-order valence-corrected chi connectivity index (χ2v) is 6.48. The normalized spacial score (nSPS) is 33.8. The van der Waals surface area contributed by atoms with Gasteiger partial charge in [0.15, 0.2) is 0 Å². The molecule has 18 heavy (non-hydrogen) atoms. The molecule has 3 unspecified atom stereocenters. The lowest BCUT2D eigenvalue weighted by Crippen LogP contribution is -2.43. The number of nitrogens with zero attached hydrogens (tertiary/aromatic N) is 2. The van der Waals surface area contributed by atoms with Gasteiger partial charge in [-0.3, -0.25) is 0 Å². The van der Waals surface area contributed by atoms with E-state index >= 15 is 0 Å². The van der Waals surface area contributed by atoms with Crippen molar-refractivity contribution in [3.8, 4) is 6.07 Å². The minimum absolute atomic E-state index is 0.277. The lowest BCUT2D eigenvalue weighted by molar-refractivity contribution is 0.109. The molecule has 0 spiro atoms. The Labute approximate surface area is 112 Å². The molecule has 0 aromatic rings. The van der Waals surface area contributed by atoms with Crippen molar-refractivity contribution in [3.05, 3.63) is 0 Å². The predicted molar refractivity (Wildman–Crippen MR) is 75.1 cm³/mol. The van der Waals surface area contributed by atoms with E-state index in [1.54, 1.807) is 0 Å². The first kappa shape index (κ1) is 13.9. The summed E-state index contributed by atoms with van der Waals surface area (Å²) in [5.74, 6) is 2.03. The van der Waals surface area contributed by atoms with Gasteiger partial charge in [0.1, 0.15) is 0 Å². The van der Waals surface area contributed by atoms with E-state index in [9.17, 15) is 5.26 Å². The molecule has 0 radical (unpaired) electrons. The van der Waals surface area contributed by atoms with Gasteiger partial charge >= 0.3 is 0 Å². The number of rotatable bonds is 4. The van der Waals surface area contributed by atoms with E-state index in [1.165, 1.54) is 51.5 Å². The zero-order chi connectivity index (χ0) is 13.0. The fourth-order valence-electron chi connectivity index (χ4n) is 3.98. The summed E-state index contributed by atoms with van der Waals surface area (Å²) in [6.45, 7) is 3.52. The third-order valence-corrected chi connectivity index (χ3v) is 5.26. The van der Waals surface area contributed by atoms with E-state index in [0.29, 0.717) is 6.04 Å². The molecule has 102 valence electrons. The summed E-state index contributed by atoms with van der Waals surface area (Å²) in [5, 5.41) is 9.35. The Kier molecular flexibility index (Phi) is 5.06. The van der Waals surface area contributed by atoms with Gasteiger partial charge in [-0.15, -0.1) is 0 Å². The van der Waals surface area contributed by atoms with Gasteiger partial charge in [-0.2, -0.15) is 5.26 Å². The Morgan fingerprint density at radius 3 is 2.44 bits per heavy atom. The van der Waals surface area contributed by atoms with Crippen molar-refractivity contribution in [1.29, 1.82) is 5.26 Å². The summed E-state index contributed by atoms with van der Waals surface area (Å²) in [7, 11) is 2.26. The fraction of sp³-hybridized carbons (Fsp3) is 0.938. The zero-order valence-corrected chi connectivity index (χ0v) is 12.1. The molecule has 0 heterocycles. The molecule has 0 bridgehead atoms. The zero-order valence-electron chi connectivity index (χ0n) is 12.1. The molecular formula is C16H28N2. The molecule has 2 nitrogen and oxygen atoms in total. The highest BCUT2D eigenvalue weighted by Gasteiger charge is 2.33. The molecule has 0 amide bonds. The predicted octanol–water partition coefficient (Wildman–Crippen LogP) is 3.83. The second kappa shape index (κ2) is 6.57. The van der Waals surface area contributed by atoms with Gasteiger partial charge in [-0.05, 0) is 51.0 Å². The highest BCUT2D eigenvalue weighted by Crippen LogP contribution is 2.34. The van der Waals surface area contributed by atoms with Crippen LogP contribution in [0.5, 0.6) is 0 Å². The molecule has 3 atom stereocenters. The minimum atomic E-state index is 0.277. The molecule has 2 heteroatoms. The van der Waals surface area contributed by atoms with Gasteiger partial charge < -0.3 is 4.90 Å². The molecule has 0 saturated heterocycles. The van der Waals surface area contributed by atoms with Crippen LogP contribution in [-0.2, 0) is 0 Å². The fourth-order valence-corrected chi connectivity index (χ4v) is 3.98. The van der Waals surface area contributed by atoms with Gasteiger partial charge in [0, 0.05) is 12.6 Å². The molecule has 0 N–H and O–H groups in total. The summed E-state index contributed by atoms with van der Waals surface area (Å²) in [6, 6.07) is 3.09. The molecule has 2 aliphatic carbocycles. The van der Waals surface area contributed by atoms with Crippen LogP contribution in [-0.4, -0.2) is 24.5 Å². The van der Waals surface area contributed by atoms with Gasteiger partial charge in [0.2, 0.25) is 0 Å². The van der Waals surface area contributed by atoms with Crippen molar-refractivity contribution >= 4 is 0 Å². The van der Waals surface area contributed by atoms with Gasteiger partial charge in [0.05, 0.1) is 12.0 Å². The van der Waals surface area contributed by atoms with Crippen LogP contribution in [0, 0.1) is 29.1 Å². The Morgan fingerprint density at radius 1 is 1.11 bits per heavy atom. The van der Waals surface area contributed by atoms with E-state index in [-0.39, 0.29) is 5.92 Å². The van der Waals surface area contributed by atoms with Crippen molar-refractivity contribution in [2.45, 2.75) is 64.3 Å². The van der Waals surface area contributed by atoms with Crippen molar-refractivity contribution in [2.75, 3.05) is 13.6 Å². The lowest BCUT2D eigenvalue weighted by atomic mass is 9.77. The first-order chi connectivity index (χ1) is 8.74. The van der Waals surface area contributed by atoms with E-state index < -0.39 is 0 Å². The number of nitriles is 1. The van der Waals surface area contributed by atoms with Gasteiger partial charge in [0.25, 0.3) is 0 Å². The highest BCUT2D eigenvalue weighted by atomic mass is 15.1. The summed E-state index contributed by atoms with van der Waals surface area (Å²) < 4.78 is 0. The molecule has 2 aliphatic rings. The Balaban J connectivity index is 1.91. The van der Waals surface area contributed by atoms with Gasteiger partial charge in [-0.1, -0.05) is 26.2 Å². The van der Waals surface area contributed by atoms with Crippen molar-refractivity contribution in [3.63, 3.8) is 0 Å². The third-order valence-electron chi connectivity index (χ3n) is 5.26. The minimum Gasteiger partial charge on any atom is -0.302 e. The smallest absolute Gasteiger partial charge is 0.0672 e. The van der Waals surface area contributed by atoms with Crippen molar-refractivity contribution < 1.29 is 0 Å². The largest absolute Gasteiger partial charge is 0.302 e. The Hall–Kier alpha value is -0.550. The summed E-state index contributed by atoms with van der Waals surface area (Å²) >= 11 is 0. The third kappa shape index (κ3) is 3.26. The maximum atomic E-state index is 9.35. The Bertz CT molecular complexity index is 288. The standard InChI is InChI=1S/C16H28N2/c1-3-13-8-9-15(11-17)16(10-13)18(2)12-14-6-4-5-7-14/h13-16H,3-10,12H2,1-2H3. The van der Waals surface area contributed by atoms with E-state index in [1.807, 2.05) is 0 Å². The second-order valence-electron chi connectivity index (χ2n) is 6.48. The first-order valence-electron chi connectivity index (χ1n) is 7.84. The van der Waals surface area contributed by atoms with Crippen LogP contribution in [0.2, 0.25) is 0 Å².